The van der Waals surface area contributed by atoms with Gasteiger partial charge in [-0.25, -0.2) is 4.98 Å². The second kappa shape index (κ2) is 6.63. The van der Waals surface area contributed by atoms with E-state index in [2.05, 4.69) is 26.8 Å². The highest BCUT2D eigenvalue weighted by atomic mass is 16.5. The Morgan fingerprint density at radius 1 is 1.15 bits per heavy atom. The van der Waals surface area contributed by atoms with Crippen molar-refractivity contribution in [2.24, 2.45) is 7.05 Å². The summed E-state index contributed by atoms with van der Waals surface area (Å²) in [6.07, 6.45) is 3.96. The van der Waals surface area contributed by atoms with Gasteiger partial charge < -0.3 is 24.1 Å². The number of aliphatic hydroxyl groups excluding tert-OH is 1. The number of benzene rings is 1. The van der Waals surface area contributed by atoms with Crippen LogP contribution in [-0.4, -0.2) is 33.9 Å². The average Bonchev–Trinajstić information content (AvgIpc) is 3.26. The molecular formula is C21H23N3O3. The maximum atomic E-state index is 10.3. The van der Waals surface area contributed by atoms with E-state index in [4.69, 9.17) is 9.47 Å². The molecule has 0 bridgehead atoms. The first kappa shape index (κ1) is 17.4. The summed E-state index contributed by atoms with van der Waals surface area (Å²) in [6.45, 7) is 1.97. The van der Waals surface area contributed by atoms with Gasteiger partial charge in [0.1, 0.15) is 5.65 Å². The van der Waals surface area contributed by atoms with E-state index in [0.29, 0.717) is 17.9 Å². The van der Waals surface area contributed by atoms with Crippen LogP contribution >= 0.6 is 0 Å². The summed E-state index contributed by atoms with van der Waals surface area (Å²) in [4.78, 5) is 7.83. The number of fused-ring (bicyclic) bond motifs is 2. The number of aromatic nitrogens is 3. The van der Waals surface area contributed by atoms with E-state index >= 15 is 0 Å². The number of methoxy groups -OCH3 is 2. The Balaban J connectivity index is 1.94. The van der Waals surface area contributed by atoms with Gasteiger partial charge in [0.15, 0.2) is 11.5 Å². The molecule has 4 rings (SSSR count). The smallest absolute Gasteiger partial charge is 0.162 e. The first-order valence-corrected chi connectivity index (χ1v) is 8.94. The summed E-state index contributed by atoms with van der Waals surface area (Å²) in [7, 11) is 5.28. The fourth-order valence-electron chi connectivity index (χ4n) is 3.63. The number of rotatable bonds is 5. The van der Waals surface area contributed by atoms with Crippen molar-refractivity contribution in [3.8, 4) is 22.8 Å². The monoisotopic (exact) mass is 365 g/mol. The lowest BCUT2D eigenvalue weighted by molar-refractivity contribution is 0.175. The summed E-state index contributed by atoms with van der Waals surface area (Å²) in [5.41, 5.74) is 4.70. The van der Waals surface area contributed by atoms with Crippen LogP contribution in [0.5, 0.6) is 11.5 Å². The molecular weight excluding hydrogens is 342 g/mol. The third-order valence-electron chi connectivity index (χ3n) is 5.10. The second-order valence-corrected chi connectivity index (χ2v) is 6.65. The third-order valence-corrected chi connectivity index (χ3v) is 5.10. The Morgan fingerprint density at radius 2 is 1.89 bits per heavy atom. The number of nitrogens with zero attached hydrogens (tertiary/aromatic N) is 2. The zero-order valence-corrected chi connectivity index (χ0v) is 15.9. The van der Waals surface area contributed by atoms with Gasteiger partial charge >= 0.3 is 0 Å². The van der Waals surface area contributed by atoms with Gasteiger partial charge in [-0.1, -0.05) is 6.92 Å². The molecule has 0 fully saturated rings. The molecule has 140 valence electrons. The van der Waals surface area contributed by atoms with Crippen LogP contribution in [0.3, 0.4) is 0 Å². The normalized spacial score (nSPS) is 12.6. The van der Waals surface area contributed by atoms with E-state index in [1.54, 1.807) is 20.4 Å². The van der Waals surface area contributed by atoms with Crippen LogP contribution in [0.4, 0.5) is 0 Å². The SMILES string of the molecule is CCC(O)c1ccnc2[nH]c(-c3cn(C)c4cc(OC)c(OC)cc34)cc12. The Hall–Kier alpha value is -2.99. The zero-order chi connectivity index (χ0) is 19.1. The summed E-state index contributed by atoms with van der Waals surface area (Å²) in [5.74, 6) is 1.39. The van der Waals surface area contributed by atoms with Crippen molar-refractivity contribution in [2.45, 2.75) is 19.4 Å². The summed E-state index contributed by atoms with van der Waals surface area (Å²) >= 11 is 0. The molecule has 6 nitrogen and oxygen atoms in total. The number of ether oxygens (including phenoxy) is 2. The molecule has 1 aromatic carbocycles. The van der Waals surface area contributed by atoms with Gasteiger partial charge in [0, 0.05) is 47.5 Å². The Kier molecular flexibility index (Phi) is 4.28. The minimum atomic E-state index is -0.504. The minimum absolute atomic E-state index is 0.504. The molecule has 6 heteroatoms. The maximum Gasteiger partial charge on any atom is 0.162 e. The second-order valence-electron chi connectivity index (χ2n) is 6.65. The number of hydrogen-bond acceptors (Lipinski definition) is 4. The van der Waals surface area contributed by atoms with Crippen LogP contribution in [0, 0.1) is 0 Å². The number of aryl methyl sites for hydroxylation is 1. The summed E-state index contributed by atoms with van der Waals surface area (Å²) in [5, 5.41) is 12.3. The summed E-state index contributed by atoms with van der Waals surface area (Å²) in [6, 6.07) is 7.90. The Morgan fingerprint density at radius 3 is 2.59 bits per heavy atom. The Bertz CT molecular complexity index is 1130. The van der Waals surface area contributed by atoms with Crippen LogP contribution < -0.4 is 9.47 Å². The molecule has 0 saturated heterocycles. The lowest BCUT2D eigenvalue weighted by Gasteiger charge is -2.08. The number of nitrogens with one attached hydrogen (secondary N) is 1. The number of aliphatic hydroxyl groups is 1. The molecule has 4 aromatic rings. The predicted octanol–water partition coefficient (Wildman–Crippen LogP) is 4.18. The Labute approximate surface area is 157 Å². The van der Waals surface area contributed by atoms with Gasteiger partial charge in [-0.05, 0) is 30.2 Å². The van der Waals surface area contributed by atoms with Gasteiger partial charge in [-0.15, -0.1) is 0 Å². The number of aromatic amines is 1. The zero-order valence-electron chi connectivity index (χ0n) is 15.9. The van der Waals surface area contributed by atoms with Gasteiger partial charge in [0.2, 0.25) is 0 Å². The average molecular weight is 365 g/mol. The van der Waals surface area contributed by atoms with Crippen LogP contribution in [-0.2, 0) is 7.05 Å². The molecule has 27 heavy (non-hydrogen) atoms. The standard InChI is InChI=1S/C21H23N3O3/c1-5-18(25)12-6-7-22-21-14(12)8-16(23-21)15-11-24(2)17-10-20(27-4)19(26-3)9-13(15)17/h6-11,18,25H,5H2,1-4H3,(H,22,23). The molecule has 3 aromatic heterocycles. The van der Waals surface area contributed by atoms with Gasteiger partial charge in [-0.3, -0.25) is 0 Å². The molecule has 3 heterocycles. The van der Waals surface area contributed by atoms with Crippen molar-refractivity contribution in [2.75, 3.05) is 14.2 Å². The first-order valence-electron chi connectivity index (χ1n) is 8.94. The predicted molar refractivity (Wildman–Crippen MR) is 106 cm³/mol. The lowest BCUT2D eigenvalue weighted by atomic mass is 10.0. The molecule has 0 aliphatic heterocycles. The van der Waals surface area contributed by atoms with Crippen molar-refractivity contribution in [3.05, 3.63) is 42.2 Å². The first-order chi connectivity index (χ1) is 13.1. The van der Waals surface area contributed by atoms with Crippen molar-refractivity contribution >= 4 is 21.9 Å². The molecule has 2 N–H and O–H groups in total. The molecule has 0 saturated carbocycles. The highest BCUT2D eigenvalue weighted by molar-refractivity contribution is 5.99. The lowest BCUT2D eigenvalue weighted by Crippen LogP contribution is -1.95. The fourth-order valence-corrected chi connectivity index (χ4v) is 3.63. The molecule has 0 aliphatic rings. The number of hydrogen-bond donors (Lipinski definition) is 2. The van der Waals surface area contributed by atoms with Crippen molar-refractivity contribution in [1.82, 2.24) is 14.5 Å². The van der Waals surface area contributed by atoms with E-state index < -0.39 is 6.10 Å². The van der Waals surface area contributed by atoms with Gasteiger partial charge in [0.05, 0.1) is 25.8 Å². The molecule has 1 atom stereocenters. The fraction of sp³-hybridized carbons (Fsp3) is 0.286. The van der Waals surface area contributed by atoms with E-state index in [-0.39, 0.29) is 0 Å². The van der Waals surface area contributed by atoms with E-state index in [1.165, 1.54) is 0 Å². The highest BCUT2D eigenvalue weighted by Crippen LogP contribution is 2.39. The largest absolute Gasteiger partial charge is 0.493 e. The topological polar surface area (TPSA) is 72.3 Å². The van der Waals surface area contributed by atoms with Gasteiger partial charge in [-0.2, -0.15) is 0 Å². The minimum Gasteiger partial charge on any atom is -0.493 e. The van der Waals surface area contributed by atoms with Crippen LogP contribution in [0.15, 0.2) is 36.7 Å². The molecule has 0 spiro atoms. The van der Waals surface area contributed by atoms with Crippen molar-refractivity contribution in [1.29, 1.82) is 0 Å². The van der Waals surface area contributed by atoms with E-state index in [9.17, 15) is 5.11 Å². The van der Waals surface area contributed by atoms with Crippen LogP contribution in [0.1, 0.15) is 25.0 Å². The van der Waals surface area contributed by atoms with E-state index in [0.717, 1.165) is 38.8 Å². The molecule has 1 unspecified atom stereocenters. The van der Waals surface area contributed by atoms with Crippen LogP contribution in [0.2, 0.25) is 0 Å². The molecule has 0 amide bonds. The third kappa shape index (κ3) is 2.73. The number of pyridine rings is 1. The number of H-pyrrole nitrogens is 1. The van der Waals surface area contributed by atoms with E-state index in [1.807, 2.05) is 32.2 Å². The van der Waals surface area contributed by atoms with Crippen LogP contribution in [0.25, 0.3) is 33.2 Å². The summed E-state index contributed by atoms with van der Waals surface area (Å²) < 4.78 is 13.0. The van der Waals surface area contributed by atoms with Crippen molar-refractivity contribution in [3.63, 3.8) is 0 Å². The highest BCUT2D eigenvalue weighted by Gasteiger charge is 2.17. The quantitative estimate of drug-likeness (QED) is 0.556. The molecule has 0 radical (unpaired) electrons. The maximum absolute atomic E-state index is 10.3. The van der Waals surface area contributed by atoms with Crippen molar-refractivity contribution < 1.29 is 14.6 Å². The van der Waals surface area contributed by atoms with Gasteiger partial charge in [0.25, 0.3) is 0 Å². The molecule has 0 aliphatic carbocycles.